The van der Waals surface area contributed by atoms with Crippen LogP contribution in [-0.2, 0) is 6.42 Å². The van der Waals surface area contributed by atoms with Gasteiger partial charge in [-0.05, 0) is 0 Å². The Labute approximate surface area is 172 Å². The maximum absolute atomic E-state index is 5.90. The van der Waals surface area contributed by atoms with E-state index in [1.165, 1.54) is 9.54 Å². The Bertz CT molecular complexity index is 900. The third-order valence-electron chi connectivity index (χ3n) is 5.57. The third-order valence-corrected chi connectivity index (χ3v) is 24.8. The van der Waals surface area contributed by atoms with E-state index in [9.17, 15) is 0 Å². The second-order valence-electron chi connectivity index (χ2n) is 7.24. The number of rotatable bonds is 6. The van der Waals surface area contributed by atoms with Gasteiger partial charge in [0.15, 0.2) is 0 Å². The van der Waals surface area contributed by atoms with E-state index in [0.29, 0.717) is 0 Å². The third kappa shape index (κ3) is 3.90. The van der Waals surface area contributed by atoms with Gasteiger partial charge in [-0.2, -0.15) is 0 Å². The van der Waals surface area contributed by atoms with Crippen LogP contribution in [0, 0.1) is 0 Å². The summed E-state index contributed by atoms with van der Waals surface area (Å²) in [4.78, 5) is 0. The topological polar surface area (TPSA) is 26.0 Å². The van der Waals surface area contributed by atoms with Crippen LogP contribution in [0.2, 0.25) is 3.98 Å². The molecule has 0 heterocycles. The van der Waals surface area contributed by atoms with Crippen LogP contribution in [0.3, 0.4) is 0 Å². The molecule has 0 aliphatic carbocycles. The average molecular weight is 559 g/mol. The fraction of sp³-hybridized carbons (Fsp3) is 0.0769. The van der Waals surface area contributed by atoms with Gasteiger partial charge in [-0.3, -0.25) is 0 Å². The van der Waals surface area contributed by atoms with Crippen LogP contribution < -0.4 is 15.1 Å². The first-order valence-electron chi connectivity index (χ1n) is 9.80. The molecule has 0 saturated heterocycles. The summed E-state index contributed by atoms with van der Waals surface area (Å²) in [5.41, 5.74) is 8.09. The van der Waals surface area contributed by atoms with E-state index >= 15 is 0 Å². The van der Waals surface area contributed by atoms with E-state index in [1.807, 2.05) is 12.1 Å². The molecule has 1 nitrogen and oxygen atoms in total. The summed E-state index contributed by atoms with van der Waals surface area (Å²) >= 11 is -3.32. The van der Waals surface area contributed by atoms with Crippen molar-refractivity contribution in [1.82, 2.24) is 0 Å². The zero-order chi connectivity index (χ0) is 19.2. The molecule has 4 rings (SSSR count). The van der Waals surface area contributed by atoms with Crippen LogP contribution in [0.15, 0.2) is 115 Å². The van der Waals surface area contributed by atoms with Gasteiger partial charge < -0.3 is 0 Å². The molecule has 0 aliphatic heterocycles. The molecule has 0 bridgehead atoms. The Morgan fingerprint density at radius 3 is 1.29 bits per heavy atom. The van der Waals surface area contributed by atoms with Crippen LogP contribution in [0.5, 0.6) is 0 Å². The number of nitrogen functional groups attached to an aromatic ring is 1. The molecule has 138 valence electrons. The van der Waals surface area contributed by atoms with E-state index in [0.717, 1.165) is 12.1 Å². The minimum absolute atomic E-state index is 0.828. The predicted molar refractivity (Wildman–Crippen MR) is 123 cm³/mol. The molecule has 0 radical (unpaired) electrons. The Balaban J connectivity index is 1.86. The van der Waals surface area contributed by atoms with Crippen molar-refractivity contribution < 1.29 is 0 Å². The molecule has 2 N–H and O–H groups in total. The Kier molecular flexibility index (Phi) is 5.91. The van der Waals surface area contributed by atoms with E-state index in [-0.39, 0.29) is 0 Å². The second kappa shape index (κ2) is 8.74. The molecular formula is C26H25NPb. The van der Waals surface area contributed by atoms with Crippen molar-refractivity contribution in [2.75, 3.05) is 5.73 Å². The van der Waals surface area contributed by atoms with Gasteiger partial charge in [0, 0.05) is 0 Å². The summed E-state index contributed by atoms with van der Waals surface area (Å²) in [5.74, 6) is 0. The summed E-state index contributed by atoms with van der Waals surface area (Å²) in [7, 11) is 0. The first kappa shape index (κ1) is 18.9. The molecule has 28 heavy (non-hydrogen) atoms. The molecule has 2 heteroatoms. The number of hydrogen-bond donors (Lipinski definition) is 1. The van der Waals surface area contributed by atoms with Gasteiger partial charge in [-0.25, -0.2) is 0 Å². The van der Waals surface area contributed by atoms with Crippen LogP contribution in [0.1, 0.15) is 5.56 Å². The zero-order valence-corrected chi connectivity index (χ0v) is 19.8. The predicted octanol–water partition coefficient (Wildman–Crippen LogP) is 3.98. The summed E-state index contributed by atoms with van der Waals surface area (Å²) in [6.07, 6.45) is 1.07. The van der Waals surface area contributed by atoms with Crippen molar-refractivity contribution in [3.8, 4) is 0 Å². The summed E-state index contributed by atoms with van der Waals surface area (Å²) in [5, 5.41) is 0. The monoisotopic (exact) mass is 559 g/mol. The van der Waals surface area contributed by atoms with Crippen molar-refractivity contribution in [2.45, 2.75) is 10.4 Å². The first-order valence-corrected chi connectivity index (χ1v) is 18.4. The standard InChI is InChI=1S/C8H10N.3C6H5.Pb/c1-2-7-3-5-8(9)6-4-7;3*1-2-4-6-5-3-1;/h3-6H,1-2,9H2;3*1-5H;. The molecule has 0 aliphatic rings. The van der Waals surface area contributed by atoms with E-state index in [4.69, 9.17) is 5.73 Å². The molecule has 0 fully saturated rings. The molecular weight excluding hydrogens is 533 g/mol. The summed E-state index contributed by atoms with van der Waals surface area (Å²) in [6.45, 7) is 0. The molecule has 0 saturated carbocycles. The average Bonchev–Trinajstić information content (AvgIpc) is 2.78. The quantitative estimate of drug-likeness (QED) is 0.281. The van der Waals surface area contributed by atoms with Gasteiger partial charge in [0.1, 0.15) is 0 Å². The van der Waals surface area contributed by atoms with Crippen molar-refractivity contribution in [3.05, 3.63) is 121 Å². The molecule has 4 aromatic rings. The van der Waals surface area contributed by atoms with Crippen LogP contribution in [0.25, 0.3) is 0 Å². The van der Waals surface area contributed by atoms with Gasteiger partial charge in [-0.1, -0.05) is 0 Å². The minimum atomic E-state index is -3.32. The summed E-state index contributed by atoms with van der Waals surface area (Å²) < 4.78 is 5.84. The van der Waals surface area contributed by atoms with Crippen LogP contribution >= 0.6 is 0 Å². The SMILES string of the molecule is Nc1ccc(C[CH2][Pb]([c]2ccccc2)([c]2ccccc2)[c]2ccccc2)cc1. The Morgan fingerprint density at radius 1 is 0.500 bits per heavy atom. The van der Waals surface area contributed by atoms with E-state index in [1.54, 1.807) is 9.37 Å². The van der Waals surface area contributed by atoms with Crippen molar-refractivity contribution in [3.63, 3.8) is 0 Å². The van der Waals surface area contributed by atoms with Crippen molar-refractivity contribution >= 4 is 36.2 Å². The zero-order valence-electron chi connectivity index (χ0n) is 16.0. The van der Waals surface area contributed by atoms with Crippen molar-refractivity contribution in [2.24, 2.45) is 0 Å². The molecule has 4 aromatic carbocycles. The first-order chi connectivity index (χ1) is 13.8. The molecule has 0 spiro atoms. The molecule has 0 aromatic heterocycles. The Hall–Kier alpha value is -2.40. The van der Waals surface area contributed by atoms with Gasteiger partial charge in [0.05, 0.1) is 0 Å². The van der Waals surface area contributed by atoms with Gasteiger partial charge in [0.25, 0.3) is 0 Å². The molecule has 0 unspecified atom stereocenters. The number of nitrogens with two attached hydrogens (primary N) is 1. The van der Waals surface area contributed by atoms with Gasteiger partial charge >= 0.3 is 173 Å². The number of hydrogen-bond acceptors (Lipinski definition) is 1. The van der Waals surface area contributed by atoms with Gasteiger partial charge in [0.2, 0.25) is 0 Å². The number of anilines is 1. The maximum atomic E-state index is 5.90. The van der Waals surface area contributed by atoms with Gasteiger partial charge in [-0.15, -0.1) is 0 Å². The van der Waals surface area contributed by atoms with E-state index in [2.05, 4.69) is 103 Å². The summed E-state index contributed by atoms with van der Waals surface area (Å²) in [6, 6.07) is 42.0. The number of aryl methyl sites for hydroxylation is 1. The van der Waals surface area contributed by atoms with Crippen LogP contribution in [0.4, 0.5) is 5.69 Å². The van der Waals surface area contributed by atoms with E-state index < -0.39 is 21.2 Å². The number of benzene rings is 4. The van der Waals surface area contributed by atoms with Crippen LogP contribution in [-0.4, -0.2) is 21.2 Å². The second-order valence-corrected chi connectivity index (χ2v) is 23.0. The normalized spacial score (nSPS) is 11.3. The molecule has 0 atom stereocenters. The molecule has 0 amide bonds. The fourth-order valence-corrected chi connectivity index (χ4v) is 22.8. The van der Waals surface area contributed by atoms with Crippen molar-refractivity contribution in [1.29, 1.82) is 0 Å². The fourth-order valence-electron chi connectivity index (χ4n) is 4.12. The Morgan fingerprint density at radius 2 is 0.893 bits per heavy atom.